The van der Waals surface area contributed by atoms with Crippen molar-refractivity contribution < 1.29 is 13.2 Å². The number of aliphatic imine (C=N–C) groups is 1. The molecule has 1 saturated heterocycles. The Labute approximate surface area is 190 Å². The topological polar surface area (TPSA) is 121 Å². The molecule has 166 valence electrons. The highest BCUT2D eigenvalue weighted by atomic mass is 32.2. The molecule has 5 rings (SSSR count). The Kier molecular flexibility index (Phi) is 4.96. The normalized spacial score (nSPS) is 20.0. The van der Waals surface area contributed by atoms with Gasteiger partial charge in [-0.1, -0.05) is 12.1 Å². The average Bonchev–Trinajstić information content (AvgIpc) is 3.25. The summed E-state index contributed by atoms with van der Waals surface area (Å²) in [5, 5.41) is 15.1. The van der Waals surface area contributed by atoms with Gasteiger partial charge in [0.15, 0.2) is 0 Å². The van der Waals surface area contributed by atoms with E-state index >= 15 is 0 Å². The minimum Gasteiger partial charge on any atom is -0.268 e. The monoisotopic (exact) mass is 460 g/mol. The summed E-state index contributed by atoms with van der Waals surface area (Å²) in [5.74, 6) is -0.439. The van der Waals surface area contributed by atoms with Crippen molar-refractivity contribution in [3.8, 4) is 17.3 Å². The van der Waals surface area contributed by atoms with Crippen LogP contribution in [0.15, 0.2) is 59.9 Å². The highest BCUT2D eigenvalue weighted by molar-refractivity contribution is 7.88. The summed E-state index contributed by atoms with van der Waals surface area (Å²) in [7, 11) is -3.33. The number of allylic oxidation sites excluding steroid dienone is 1. The zero-order valence-corrected chi connectivity index (χ0v) is 18.6. The number of amides is 1. The lowest BCUT2D eigenvalue weighted by molar-refractivity contribution is -0.113. The van der Waals surface area contributed by atoms with Gasteiger partial charge < -0.3 is 0 Å². The number of carbonyl (C=O) groups excluding carboxylic acids is 1. The SMILES string of the molecule is CS(=O)(=O)N1CC(CC#N)(n2ccc(-c3cc(C4C=CC(=O)N=C4)cc4ncccc34)n2)C1. The van der Waals surface area contributed by atoms with Crippen LogP contribution in [0.4, 0.5) is 0 Å². The predicted octanol–water partition coefficient (Wildman–Crippen LogP) is 2.23. The molecular weight excluding hydrogens is 440 g/mol. The second-order valence-electron chi connectivity index (χ2n) is 8.38. The van der Waals surface area contributed by atoms with Gasteiger partial charge in [-0.05, 0) is 29.8 Å². The van der Waals surface area contributed by atoms with Crippen LogP contribution in [0.2, 0.25) is 0 Å². The van der Waals surface area contributed by atoms with E-state index in [1.165, 1.54) is 16.6 Å². The van der Waals surface area contributed by atoms with Crippen LogP contribution < -0.4 is 0 Å². The Morgan fingerprint density at radius 2 is 2.09 bits per heavy atom. The van der Waals surface area contributed by atoms with Crippen molar-refractivity contribution in [2.24, 2.45) is 4.99 Å². The third-order valence-corrected chi connectivity index (χ3v) is 7.30. The maximum Gasteiger partial charge on any atom is 0.269 e. The zero-order valence-electron chi connectivity index (χ0n) is 17.8. The Morgan fingerprint density at radius 1 is 1.27 bits per heavy atom. The largest absolute Gasteiger partial charge is 0.269 e. The first-order valence-corrected chi connectivity index (χ1v) is 12.2. The number of sulfonamides is 1. The maximum absolute atomic E-state index is 11.9. The first-order valence-electron chi connectivity index (χ1n) is 10.3. The summed E-state index contributed by atoms with van der Waals surface area (Å²) in [4.78, 5) is 19.8. The lowest BCUT2D eigenvalue weighted by Crippen LogP contribution is -2.63. The minimum absolute atomic E-state index is 0.153. The van der Waals surface area contributed by atoms with Crippen LogP contribution in [0.25, 0.3) is 22.2 Å². The lowest BCUT2D eigenvalue weighted by atomic mass is 9.89. The van der Waals surface area contributed by atoms with Gasteiger partial charge in [0.1, 0.15) is 5.54 Å². The fraction of sp³-hybridized carbons (Fsp3) is 0.261. The zero-order chi connectivity index (χ0) is 23.2. The van der Waals surface area contributed by atoms with Gasteiger partial charge in [0.2, 0.25) is 10.0 Å². The minimum atomic E-state index is -3.33. The smallest absolute Gasteiger partial charge is 0.268 e. The fourth-order valence-corrected chi connectivity index (χ4v) is 5.25. The summed E-state index contributed by atoms with van der Waals surface area (Å²) in [6.45, 7) is 0.417. The van der Waals surface area contributed by atoms with Gasteiger partial charge in [-0.15, -0.1) is 0 Å². The molecule has 1 aromatic carbocycles. The molecule has 10 heteroatoms. The van der Waals surface area contributed by atoms with Crippen LogP contribution >= 0.6 is 0 Å². The van der Waals surface area contributed by atoms with Crippen LogP contribution in [0.1, 0.15) is 17.9 Å². The Morgan fingerprint density at radius 3 is 2.79 bits per heavy atom. The molecular formula is C23H20N6O3S. The van der Waals surface area contributed by atoms with Crippen LogP contribution in [-0.4, -0.2) is 59.0 Å². The van der Waals surface area contributed by atoms with E-state index < -0.39 is 15.6 Å². The van der Waals surface area contributed by atoms with Crippen molar-refractivity contribution in [2.75, 3.05) is 19.3 Å². The van der Waals surface area contributed by atoms with Crippen molar-refractivity contribution in [2.45, 2.75) is 17.9 Å². The Bertz CT molecular complexity index is 1460. The first-order chi connectivity index (χ1) is 15.8. The van der Waals surface area contributed by atoms with E-state index in [1.807, 2.05) is 30.3 Å². The van der Waals surface area contributed by atoms with E-state index in [4.69, 9.17) is 5.10 Å². The van der Waals surface area contributed by atoms with Crippen molar-refractivity contribution in [1.82, 2.24) is 19.1 Å². The molecule has 33 heavy (non-hydrogen) atoms. The van der Waals surface area contributed by atoms with Gasteiger partial charge in [-0.25, -0.2) is 13.4 Å². The van der Waals surface area contributed by atoms with Crippen molar-refractivity contribution >= 4 is 33.0 Å². The molecule has 1 unspecified atom stereocenters. The van der Waals surface area contributed by atoms with Gasteiger partial charge in [0, 0.05) is 54.6 Å². The van der Waals surface area contributed by atoms with Crippen LogP contribution in [0.5, 0.6) is 0 Å². The number of hydrogen-bond acceptors (Lipinski definition) is 6. The van der Waals surface area contributed by atoms with Crippen molar-refractivity contribution in [3.63, 3.8) is 0 Å². The average molecular weight is 461 g/mol. The number of rotatable bonds is 5. The molecule has 0 radical (unpaired) electrons. The molecule has 1 fully saturated rings. The molecule has 0 N–H and O–H groups in total. The number of carbonyl (C=O) groups is 1. The highest BCUT2D eigenvalue weighted by Crippen LogP contribution is 2.36. The van der Waals surface area contributed by atoms with Gasteiger partial charge in [-0.3, -0.25) is 14.5 Å². The molecule has 2 aliphatic rings. The highest BCUT2D eigenvalue weighted by Gasteiger charge is 2.49. The third kappa shape index (κ3) is 3.75. The Balaban J connectivity index is 1.57. The summed E-state index contributed by atoms with van der Waals surface area (Å²) in [6, 6.07) is 11.8. The molecule has 4 heterocycles. The van der Waals surface area contributed by atoms with Crippen LogP contribution in [-0.2, 0) is 20.4 Å². The molecule has 0 bridgehead atoms. The first kappa shape index (κ1) is 21.2. The molecule has 2 aliphatic heterocycles. The summed E-state index contributed by atoms with van der Waals surface area (Å²) >= 11 is 0. The molecule has 0 saturated carbocycles. The van der Waals surface area contributed by atoms with E-state index in [0.29, 0.717) is 5.69 Å². The van der Waals surface area contributed by atoms with Gasteiger partial charge in [-0.2, -0.15) is 14.7 Å². The van der Waals surface area contributed by atoms with E-state index in [9.17, 15) is 18.5 Å². The second kappa shape index (κ2) is 7.72. The van der Waals surface area contributed by atoms with Crippen molar-refractivity contribution in [1.29, 1.82) is 5.26 Å². The standard InChI is InChI=1S/C23H20N6O3S/c1-33(31,32)28-14-23(15-28,7-8-24)29-10-6-20(27-29)19-11-17(16-4-5-22(30)26-13-16)12-21-18(19)3-2-9-25-21/h2-6,9-13,16H,7,14-15H2,1H3. The number of fused-ring (bicyclic) bond motifs is 1. The molecule has 0 aliphatic carbocycles. The summed E-state index contributed by atoms with van der Waals surface area (Å²) in [6.07, 6.45) is 9.71. The number of benzene rings is 1. The van der Waals surface area contributed by atoms with Crippen LogP contribution in [0.3, 0.4) is 0 Å². The number of aromatic nitrogens is 3. The van der Waals surface area contributed by atoms with E-state index in [2.05, 4.69) is 16.0 Å². The quantitative estimate of drug-likeness (QED) is 0.576. The van der Waals surface area contributed by atoms with Gasteiger partial charge in [0.25, 0.3) is 5.91 Å². The Hall–Kier alpha value is -3.68. The summed E-state index contributed by atoms with van der Waals surface area (Å²) in [5.41, 5.74) is 2.58. The number of pyridine rings is 1. The maximum atomic E-state index is 11.9. The predicted molar refractivity (Wildman–Crippen MR) is 123 cm³/mol. The molecule has 2 aromatic heterocycles. The van der Waals surface area contributed by atoms with Crippen molar-refractivity contribution in [3.05, 3.63) is 60.4 Å². The van der Waals surface area contributed by atoms with E-state index in [-0.39, 0.29) is 31.3 Å². The van der Waals surface area contributed by atoms with Gasteiger partial charge >= 0.3 is 0 Å². The molecule has 1 atom stereocenters. The van der Waals surface area contributed by atoms with E-state index in [1.54, 1.807) is 29.4 Å². The molecule has 9 nitrogen and oxygen atoms in total. The van der Waals surface area contributed by atoms with Crippen LogP contribution in [0, 0.1) is 11.3 Å². The molecule has 3 aromatic rings. The fourth-order valence-electron chi connectivity index (χ4n) is 4.30. The van der Waals surface area contributed by atoms with Gasteiger partial charge in [0.05, 0.1) is 30.0 Å². The van der Waals surface area contributed by atoms with E-state index in [0.717, 1.165) is 22.0 Å². The third-order valence-electron chi connectivity index (χ3n) is 6.11. The molecule has 0 spiro atoms. The number of dihydropyridines is 1. The number of nitriles is 1. The molecule has 1 amide bonds. The number of hydrogen-bond donors (Lipinski definition) is 0. The second-order valence-corrected chi connectivity index (χ2v) is 10.4. The summed E-state index contributed by atoms with van der Waals surface area (Å²) < 4.78 is 26.8. The lowest BCUT2D eigenvalue weighted by Gasteiger charge is -2.47. The number of nitrogens with zero attached hydrogens (tertiary/aromatic N) is 6.